The summed E-state index contributed by atoms with van der Waals surface area (Å²) in [5, 5.41) is 16.2. The van der Waals surface area contributed by atoms with Crippen LogP contribution in [0.25, 0.3) is 10.2 Å². The number of thioether (sulfide) groups is 1. The van der Waals surface area contributed by atoms with Crippen molar-refractivity contribution in [2.75, 3.05) is 5.32 Å². The van der Waals surface area contributed by atoms with Crippen LogP contribution in [-0.4, -0.2) is 26.7 Å². The molecule has 34 heavy (non-hydrogen) atoms. The molecule has 4 aromatic rings. The number of carbonyl (C=O) groups is 2. The van der Waals surface area contributed by atoms with Crippen molar-refractivity contribution in [2.24, 2.45) is 0 Å². The molecule has 2 heterocycles. The fraction of sp³-hybridized carbons (Fsp3) is 0.167. The molecule has 1 amide bonds. The van der Waals surface area contributed by atoms with Crippen molar-refractivity contribution in [3.8, 4) is 0 Å². The van der Waals surface area contributed by atoms with Crippen LogP contribution >= 0.6 is 34.7 Å². The van der Waals surface area contributed by atoms with Crippen LogP contribution in [0.5, 0.6) is 0 Å². The summed E-state index contributed by atoms with van der Waals surface area (Å²) >= 11 is 8.44. The van der Waals surface area contributed by atoms with Gasteiger partial charge in [0.05, 0.1) is 23.3 Å². The summed E-state index contributed by atoms with van der Waals surface area (Å²) in [4.78, 5) is 41.9. The number of amides is 1. The third kappa shape index (κ3) is 5.32. The molecule has 0 bridgehead atoms. The number of hydrogen-bond donors (Lipinski definition) is 1. The molecule has 10 heteroatoms. The predicted octanol–water partition coefficient (Wildman–Crippen LogP) is 4.03. The van der Waals surface area contributed by atoms with E-state index in [9.17, 15) is 19.5 Å². The van der Waals surface area contributed by atoms with Gasteiger partial charge in [-0.2, -0.15) is 0 Å². The molecule has 1 atom stereocenters. The Morgan fingerprint density at radius 2 is 1.85 bits per heavy atom. The highest BCUT2D eigenvalue weighted by Gasteiger charge is 2.22. The molecular weight excluding hydrogens is 494 g/mol. The highest BCUT2D eigenvalue weighted by molar-refractivity contribution is 8.00. The maximum Gasteiger partial charge on any atom is 0.272 e. The number of carboxylic acid groups (broad SMARTS) is 1. The summed E-state index contributed by atoms with van der Waals surface area (Å²) < 4.78 is 2.05. The first-order chi connectivity index (χ1) is 16.4. The van der Waals surface area contributed by atoms with Gasteiger partial charge >= 0.3 is 0 Å². The first-order valence-electron chi connectivity index (χ1n) is 10.4. The Bertz CT molecular complexity index is 1400. The number of rotatable bonds is 8. The van der Waals surface area contributed by atoms with E-state index in [2.05, 4.69) is 10.3 Å². The van der Waals surface area contributed by atoms with E-state index in [0.29, 0.717) is 32.5 Å². The van der Waals surface area contributed by atoms with Crippen LogP contribution in [0, 0.1) is 0 Å². The lowest BCUT2D eigenvalue weighted by Crippen LogP contribution is -2.28. The summed E-state index contributed by atoms with van der Waals surface area (Å²) in [6.45, 7) is 2.08. The zero-order chi connectivity index (χ0) is 24.2. The lowest BCUT2D eigenvalue weighted by molar-refractivity contribution is -0.255. The average molecular weight is 513 g/mol. The highest BCUT2D eigenvalue weighted by Crippen LogP contribution is 2.28. The molecule has 2 aromatic carbocycles. The maximum atomic E-state index is 13.3. The normalized spacial score (nSPS) is 11.9. The number of thiophene rings is 1. The van der Waals surface area contributed by atoms with Crippen molar-refractivity contribution in [2.45, 2.75) is 30.3 Å². The number of carbonyl (C=O) groups excluding carboxylic acids is 2. The molecule has 0 spiro atoms. The molecule has 0 saturated heterocycles. The third-order valence-corrected chi connectivity index (χ3v) is 7.58. The monoisotopic (exact) mass is 512 g/mol. The van der Waals surface area contributed by atoms with Gasteiger partial charge in [-0.3, -0.25) is 14.2 Å². The standard InChI is InChI=1S/C24H20ClN3O4S2/c1-2-19(21(29)26-17-9-7-16(25)8-10-17)34-24-27-18-11-12-33-20(18)22(30)28(24)13-14-3-5-15(6-4-14)23(31)32/h3-12,19H,2,13H2,1H3,(H,26,29)(H,31,32)/p-1. The number of fused-ring (bicyclic) bond motifs is 1. The number of aromatic carboxylic acids is 1. The lowest BCUT2D eigenvalue weighted by Gasteiger charge is -2.18. The summed E-state index contributed by atoms with van der Waals surface area (Å²) in [6.07, 6.45) is 0.516. The molecule has 0 aliphatic rings. The summed E-state index contributed by atoms with van der Waals surface area (Å²) in [5.74, 6) is -1.47. The number of benzene rings is 2. The molecule has 0 radical (unpaired) electrons. The van der Waals surface area contributed by atoms with Gasteiger partial charge in [0.1, 0.15) is 4.70 Å². The molecule has 2 aromatic heterocycles. The Balaban J connectivity index is 1.64. The van der Waals surface area contributed by atoms with Crippen molar-refractivity contribution in [1.29, 1.82) is 0 Å². The molecular formula is C24H19ClN3O4S2-. The zero-order valence-electron chi connectivity index (χ0n) is 18.0. The quantitative estimate of drug-likeness (QED) is 0.282. The second-order valence-electron chi connectivity index (χ2n) is 7.42. The Kier molecular flexibility index (Phi) is 7.35. The molecule has 0 aliphatic carbocycles. The van der Waals surface area contributed by atoms with Crippen LogP contribution in [0.1, 0.15) is 29.3 Å². The van der Waals surface area contributed by atoms with Crippen LogP contribution in [0.3, 0.4) is 0 Å². The Morgan fingerprint density at radius 3 is 2.50 bits per heavy atom. The maximum absolute atomic E-state index is 13.3. The topological polar surface area (TPSA) is 104 Å². The lowest BCUT2D eigenvalue weighted by atomic mass is 10.1. The van der Waals surface area contributed by atoms with E-state index in [1.54, 1.807) is 47.8 Å². The van der Waals surface area contributed by atoms with E-state index < -0.39 is 11.2 Å². The van der Waals surface area contributed by atoms with Gasteiger partial charge < -0.3 is 15.2 Å². The largest absolute Gasteiger partial charge is 0.545 e. The highest BCUT2D eigenvalue weighted by atomic mass is 35.5. The van der Waals surface area contributed by atoms with E-state index >= 15 is 0 Å². The van der Waals surface area contributed by atoms with Crippen molar-refractivity contribution in [1.82, 2.24) is 9.55 Å². The van der Waals surface area contributed by atoms with Gasteiger partial charge in [0, 0.05) is 10.7 Å². The van der Waals surface area contributed by atoms with Crippen LogP contribution in [-0.2, 0) is 11.3 Å². The van der Waals surface area contributed by atoms with Crippen LogP contribution in [0.2, 0.25) is 5.02 Å². The van der Waals surface area contributed by atoms with E-state index in [1.165, 1.54) is 39.8 Å². The fourth-order valence-electron chi connectivity index (χ4n) is 3.29. The number of aromatic nitrogens is 2. The molecule has 0 aliphatic heterocycles. The van der Waals surface area contributed by atoms with Gasteiger partial charge in [-0.1, -0.05) is 54.6 Å². The molecule has 174 valence electrons. The minimum atomic E-state index is -1.26. The molecule has 0 fully saturated rings. The van der Waals surface area contributed by atoms with Gasteiger partial charge in [0.15, 0.2) is 5.16 Å². The van der Waals surface area contributed by atoms with Crippen molar-refractivity contribution >= 4 is 62.5 Å². The minimum Gasteiger partial charge on any atom is -0.545 e. The summed E-state index contributed by atoms with van der Waals surface area (Å²) in [6, 6.07) is 14.8. The number of nitrogens with one attached hydrogen (secondary N) is 1. The van der Waals surface area contributed by atoms with Crippen molar-refractivity contribution in [3.63, 3.8) is 0 Å². The minimum absolute atomic E-state index is 0.0578. The Morgan fingerprint density at radius 1 is 1.15 bits per heavy atom. The van der Waals surface area contributed by atoms with Gasteiger partial charge in [0.2, 0.25) is 5.91 Å². The fourth-order valence-corrected chi connectivity index (χ4v) is 5.20. The number of hydrogen-bond acceptors (Lipinski definition) is 7. The average Bonchev–Trinajstić information content (AvgIpc) is 3.30. The summed E-state index contributed by atoms with van der Waals surface area (Å²) in [7, 11) is 0. The zero-order valence-corrected chi connectivity index (χ0v) is 20.4. The molecule has 1 unspecified atom stereocenters. The van der Waals surface area contributed by atoms with Gasteiger partial charge in [-0.25, -0.2) is 4.98 Å². The number of halogens is 1. The van der Waals surface area contributed by atoms with Crippen LogP contribution < -0.4 is 16.0 Å². The number of anilines is 1. The van der Waals surface area contributed by atoms with Crippen molar-refractivity contribution < 1.29 is 14.7 Å². The van der Waals surface area contributed by atoms with E-state index in [1.807, 2.05) is 6.92 Å². The van der Waals surface area contributed by atoms with E-state index in [-0.39, 0.29) is 23.6 Å². The van der Waals surface area contributed by atoms with E-state index in [4.69, 9.17) is 11.6 Å². The second kappa shape index (κ2) is 10.4. The Hall–Kier alpha value is -3.14. The summed E-state index contributed by atoms with van der Waals surface area (Å²) in [5.41, 5.74) is 1.78. The first-order valence-corrected chi connectivity index (χ1v) is 12.5. The van der Waals surface area contributed by atoms with Crippen LogP contribution in [0.4, 0.5) is 5.69 Å². The smallest absolute Gasteiger partial charge is 0.272 e. The van der Waals surface area contributed by atoms with E-state index in [0.717, 1.165) is 5.56 Å². The third-order valence-electron chi connectivity index (χ3n) is 5.08. The second-order valence-corrected chi connectivity index (χ2v) is 9.94. The first kappa shape index (κ1) is 24.0. The molecule has 0 saturated carbocycles. The molecule has 7 nitrogen and oxygen atoms in total. The SMILES string of the molecule is CCC(Sc1nc2ccsc2c(=O)n1Cc1ccc(C(=O)[O-])cc1)C(=O)Nc1ccc(Cl)cc1. The van der Waals surface area contributed by atoms with Gasteiger partial charge in [-0.05, 0) is 53.3 Å². The number of carboxylic acids is 1. The van der Waals surface area contributed by atoms with Gasteiger partial charge in [-0.15, -0.1) is 11.3 Å². The number of nitrogens with zero attached hydrogens (tertiary/aromatic N) is 2. The molecule has 4 rings (SSSR count). The predicted molar refractivity (Wildman–Crippen MR) is 134 cm³/mol. The molecule has 1 N–H and O–H groups in total. The van der Waals surface area contributed by atoms with Crippen molar-refractivity contribution in [3.05, 3.63) is 86.5 Å². The van der Waals surface area contributed by atoms with Gasteiger partial charge in [0.25, 0.3) is 5.56 Å². The van der Waals surface area contributed by atoms with Crippen LogP contribution in [0.15, 0.2) is 69.9 Å². The Labute approximate surface area is 208 Å².